The second-order valence-corrected chi connectivity index (χ2v) is 5.33. The van der Waals surface area contributed by atoms with Gasteiger partial charge in [-0.15, -0.1) is 0 Å². The van der Waals surface area contributed by atoms with Crippen molar-refractivity contribution in [1.29, 1.82) is 0 Å². The predicted octanol–water partition coefficient (Wildman–Crippen LogP) is 2.82. The highest BCUT2D eigenvalue weighted by atomic mass is 35.5. The fraction of sp³-hybridized carbons (Fsp3) is 0.0625. The Balaban J connectivity index is 2.00. The lowest BCUT2D eigenvalue weighted by Gasteiger charge is -2.04. The molecule has 6 heteroatoms. The molecular formula is C16H13ClN2O3. The van der Waals surface area contributed by atoms with Crippen LogP contribution in [0.1, 0.15) is 11.3 Å². The van der Waals surface area contributed by atoms with Gasteiger partial charge in [0.1, 0.15) is 5.75 Å². The number of aromatic hydroxyl groups is 2. The van der Waals surface area contributed by atoms with E-state index in [4.69, 9.17) is 11.6 Å². The largest absolute Gasteiger partial charge is 0.508 e. The van der Waals surface area contributed by atoms with E-state index in [-0.39, 0.29) is 11.6 Å². The number of aromatic nitrogens is 2. The van der Waals surface area contributed by atoms with E-state index < -0.39 is 5.69 Å². The first-order valence-corrected chi connectivity index (χ1v) is 6.99. The highest BCUT2D eigenvalue weighted by Crippen LogP contribution is 2.23. The van der Waals surface area contributed by atoms with Gasteiger partial charge in [0.15, 0.2) is 0 Å². The van der Waals surface area contributed by atoms with Gasteiger partial charge in [-0.1, -0.05) is 29.8 Å². The molecule has 3 aromatic rings. The molecule has 5 nitrogen and oxygen atoms in total. The fourth-order valence-electron chi connectivity index (χ4n) is 2.27. The predicted molar refractivity (Wildman–Crippen MR) is 84.0 cm³/mol. The van der Waals surface area contributed by atoms with Crippen molar-refractivity contribution in [2.24, 2.45) is 0 Å². The van der Waals surface area contributed by atoms with Crippen LogP contribution in [-0.4, -0.2) is 19.8 Å². The van der Waals surface area contributed by atoms with E-state index >= 15 is 0 Å². The van der Waals surface area contributed by atoms with Crippen LogP contribution in [-0.2, 0) is 6.42 Å². The number of nitrogens with one attached hydrogen (secondary N) is 1. The van der Waals surface area contributed by atoms with Gasteiger partial charge in [-0.05, 0) is 35.9 Å². The van der Waals surface area contributed by atoms with Crippen molar-refractivity contribution in [2.75, 3.05) is 0 Å². The van der Waals surface area contributed by atoms with Crippen molar-refractivity contribution >= 4 is 11.6 Å². The van der Waals surface area contributed by atoms with E-state index in [9.17, 15) is 15.0 Å². The summed E-state index contributed by atoms with van der Waals surface area (Å²) in [6.45, 7) is 0. The number of phenols is 1. The smallest absolute Gasteiger partial charge is 0.333 e. The van der Waals surface area contributed by atoms with Crippen molar-refractivity contribution in [3.8, 4) is 17.3 Å². The number of benzene rings is 2. The summed E-state index contributed by atoms with van der Waals surface area (Å²) in [5.41, 5.74) is 1.31. The molecule has 0 saturated carbocycles. The normalized spacial score (nSPS) is 10.8. The number of nitrogens with zero attached hydrogens (tertiary/aromatic N) is 1. The molecule has 0 radical (unpaired) electrons. The maximum absolute atomic E-state index is 12.1. The maximum atomic E-state index is 12.1. The lowest BCUT2D eigenvalue weighted by Crippen LogP contribution is -2.14. The average molecular weight is 317 g/mol. The van der Waals surface area contributed by atoms with Crippen molar-refractivity contribution < 1.29 is 10.2 Å². The molecule has 22 heavy (non-hydrogen) atoms. The van der Waals surface area contributed by atoms with E-state index in [0.29, 0.717) is 22.8 Å². The third kappa shape index (κ3) is 2.71. The van der Waals surface area contributed by atoms with Crippen molar-refractivity contribution in [2.45, 2.75) is 6.42 Å². The van der Waals surface area contributed by atoms with E-state index in [1.807, 2.05) is 0 Å². The second kappa shape index (κ2) is 5.61. The summed E-state index contributed by atoms with van der Waals surface area (Å²) < 4.78 is 1.17. The Bertz CT molecular complexity index is 866. The number of phenolic OH excluding ortho intramolecular Hbond substituents is 1. The van der Waals surface area contributed by atoms with Gasteiger partial charge in [0, 0.05) is 11.4 Å². The van der Waals surface area contributed by atoms with Crippen LogP contribution in [0.15, 0.2) is 53.3 Å². The van der Waals surface area contributed by atoms with Crippen LogP contribution in [0.5, 0.6) is 11.6 Å². The minimum Gasteiger partial charge on any atom is -0.508 e. The lowest BCUT2D eigenvalue weighted by atomic mass is 10.1. The number of aromatic amines is 1. The van der Waals surface area contributed by atoms with Gasteiger partial charge in [-0.2, -0.15) is 0 Å². The Kier molecular flexibility index (Phi) is 3.65. The molecule has 0 spiro atoms. The van der Waals surface area contributed by atoms with Crippen molar-refractivity contribution in [3.63, 3.8) is 0 Å². The number of halogens is 1. The van der Waals surface area contributed by atoms with Gasteiger partial charge in [0.2, 0.25) is 5.88 Å². The van der Waals surface area contributed by atoms with Gasteiger partial charge in [0.05, 0.1) is 11.4 Å². The zero-order valence-corrected chi connectivity index (χ0v) is 12.2. The molecular weight excluding hydrogens is 304 g/mol. The molecule has 3 N–H and O–H groups in total. The number of hydrogen-bond donors (Lipinski definition) is 3. The Hall–Kier alpha value is -2.66. The molecule has 2 aromatic carbocycles. The zero-order valence-electron chi connectivity index (χ0n) is 11.5. The number of H-pyrrole nitrogens is 1. The molecule has 0 unspecified atom stereocenters. The van der Waals surface area contributed by atoms with Gasteiger partial charge in [0.25, 0.3) is 0 Å². The summed E-state index contributed by atoms with van der Waals surface area (Å²) in [5.74, 6) is 0.0123. The summed E-state index contributed by atoms with van der Waals surface area (Å²) in [4.78, 5) is 14.7. The van der Waals surface area contributed by atoms with E-state index in [0.717, 1.165) is 5.56 Å². The molecule has 0 aliphatic rings. The maximum Gasteiger partial charge on any atom is 0.333 e. The molecule has 0 aliphatic carbocycles. The highest BCUT2D eigenvalue weighted by molar-refractivity contribution is 6.30. The molecule has 1 aromatic heterocycles. The number of imidazole rings is 1. The van der Waals surface area contributed by atoms with Crippen LogP contribution in [0.4, 0.5) is 0 Å². The lowest BCUT2D eigenvalue weighted by molar-refractivity contribution is 0.435. The number of hydrogen-bond acceptors (Lipinski definition) is 3. The summed E-state index contributed by atoms with van der Waals surface area (Å²) in [7, 11) is 0. The average Bonchev–Trinajstić information content (AvgIpc) is 2.76. The quantitative estimate of drug-likeness (QED) is 0.695. The molecule has 1 heterocycles. The highest BCUT2D eigenvalue weighted by Gasteiger charge is 2.15. The molecule has 3 rings (SSSR count). The van der Waals surface area contributed by atoms with Crippen LogP contribution in [0.3, 0.4) is 0 Å². The summed E-state index contributed by atoms with van der Waals surface area (Å²) in [6, 6.07) is 13.2. The molecule has 0 fully saturated rings. The van der Waals surface area contributed by atoms with E-state index in [1.54, 1.807) is 48.5 Å². The van der Waals surface area contributed by atoms with Gasteiger partial charge in [-0.3, -0.25) is 0 Å². The van der Waals surface area contributed by atoms with E-state index in [2.05, 4.69) is 4.98 Å². The third-order valence-corrected chi connectivity index (χ3v) is 3.56. The molecule has 0 bridgehead atoms. The Morgan fingerprint density at radius 2 is 1.82 bits per heavy atom. The minimum absolute atomic E-state index is 0.152. The first-order chi connectivity index (χ1) is 10.5. The van der Waals surface area contributed by atoms with Gasteiger partial charge < -0.3 is 15.2 Å². The first-order valence-electron chi connectivity index (χ1n) is 6.61. The molecule has 0 amide bonds. The van der Waals surface area contributed by atoms with E-state index in [1.165, 1.54) is 4.57 Å². The minimum atomic E-state index is -0.437. The Labute approximate surface area is 131 Å². The van der Waals surface area contributed by atoms with Gasteiger partial charge in [-0.25, -0.2) is 9.36 Å². The van der Waals surface area contributed by atoms with Crippen LogP contribution < -0.4 is 5.69 Å². The summed E-state index contributed by atoms with van der Waals surface area (Å²) >= 11 is 5.92. The Morgan fingerprint density at radius 1 is 1.09 bits per heavy atom. The summed E-state index contributed by atoms with van der Waals surface area (Å²) in [6.07, 6.45) is 0.342. The Morgan fingerprint density at radius 3 is 2.50 bits per heavy atom. The monoisotopic (exact) mass is 316 g/mol. The molecule has 0 aliphatic heterocycles. The molecule has 112 valence electrons. The van der Waals surface area contributed by atoms with Crippen LogP contribution in [0, 0.1) is 0 Å². The standard InChI is InChI=1S/C16H13ClN2O3/c17-11-2-1-3-12(9-11)19-15(21)14(18-16(19)22)8-10-4-6-13(20)7-5-10/h1-7,9,20-21H,8H2,(H,18,22). The van der Waals surface area contributed by atoms with Crippen LogP contribution >= 0.6 is 11.6 Å². The first kappa shape index (κ1) is 14.3. The zero-order chi connectivity index (χ0) is 15.7. The third-order valence-electron chi connectivity index (χ3n) is 3.33. The summed E-state index contributed by atoms with van der Waals surface area (Å²) in [5, 5.41) is 20.1. The van der Waals surface area contributed by atoms with Crippen LogP contribution in [0.2, 0.25) is 5.02 Å². The topological polar surface area (TPSA) is 78.2 Å². The SMILES string of the molecule is O=c1[nH]c(Cc2ccc(O)cc2)c(O)n1-c1cccc(Cl)c1. The van der Waals surface area contributed by atoms with Crippen LogP contribution in [0.25, 0.3) is 5.69 Å². The van der Waals surface area contributed by atoms with Crippen molar-refractivity contribution in [1.82, 2.24) is 9.55 Å². The van der Waals surface area contributed by atoms with Crippen molar-refractivity contribution in [3.05, 3.63) is 75.3 Å². The number of rotatable bonds is 3. The fourth-order valence-corrected chi connectivity index (χ4v) is 2.45. The second-order valence-electron chi connectivity index (χ2n) is 4.89. The molecule has 0 saturated heterocycles. The molecule has 0 atom stereocenters. The van der Waals surface area contributed by atoms with Gasteiger partial charge >= 0.3 is 5.69 Å².